The first-order valence-electron chi connectivity index (χ1n) is 12.6. The Balaban J connectivity index is 1.41. The van der Waals surface area contributed by atoms with E-state index in [0.29, 0.717) is 37.2 Å². The molecular formula is C26H38N2O4. The summed E-state index contributed by atoms with van der Waals surface area (Å²) in [6, 6.07) is 6.23. The molecule has 0 aromatic heterocycles. The van der Waals surface area contributed by atoms with E-state index in [9.17, 15) is 9.59 Å². The first-order valence-corrected chi connectivity index (χ1v) is 12.6. The molecule has 0 bridgehead atoms. The van der Waals surface area contributed by atoms with E-state index < -0.39 is 0 Å². The number of ether oxygens (including phenoxy) is 2. The van der Waals surface area contributed by atoms with Crippen LogP contribution in [0.5, 0.6) is 5.75 Å². The van der Waals surface area contributed by atoms with Gasteiger partial charge in [-0.3, -0.25) is 9.59 Å². The number of hydrogen-bond acceptors (Lipinski definition) is 4. The number of fused-ring (bicyclic) bond motifs is 2. The molecule has 2 saturated heterocycles. The van der Waals surface area contributed by atoms with E-state index >= 15 is 0 Å². The Hall–Kier alpha value is -2.08. The Morgan fingerprint density at radius 2 is 1.94 bits per heavy atom. The minimum Gasteiger partial charge on any atom is -0.491 e. The van der Waals surface area contributed by atoms with Crippen LogP contribution in [-0.4, -0.2) is 49.6 Å². The number of anilines is 1. The number of amides is 2. The molecule has 0 saturated carbocycles. The van der Waals surface area contributed by atoms with Gasteiger partial charge in [-0.15, -0.1) is 0 Å². The fourth-order valence-corrected chi connectivity index (χ4v) is 5.40. The second-order valence-electron chi connectivity index (χ2n) is 9.64. The van der Waals surface area contributed by atoms with Crippen LogP contribution in [0.15, 0.2) is 18.2 Å². The second kappa shape index (κ2) is 11.2. The molecule has 3 heterocycles. The summed E-state index contributed by atoms with van der Waals surface area (Å²) >= 11 is 0. The lowest BCUT2D eigenvalue weighted by molar-refractivity contribution is -0.134. The predicted molar refractivity (Wildman–Crippen MR) is 125 cm³/mol. The van der Waals surface area contributed by atoms with Gasteiger partial charge in [0.15, 0.2) is 0 Å². The minimum absolute atomic E-state index is 0.0543. The van der Waals surface area contributed by atoms with Crippen LogP contribution in [0.4, 0.5) is 5.69 Å². The molecular weight excluding hydrogens is 404 g/mol. The molecule has 1 aromatic rings. The van der Waals surface area contributed by atoms with Gasteiger partial charge in [0.1, 0.15) is 5.75 Å². The third-order valence-corrected chi connectivity index (χ3v) is 7.40. The van der Waals surface area contributed by atoms with Crippen molar-refractivity contribution in [2.24, 2.45) is 11.8 Å². The van der Waals surface area contributed by atoms with Crippen molar-refractivity contribution in [1.29, 1.82) is 0 Å². The van der Waals surface area contributed by atoms with E-state index in [0.717, 1.165) is 82.7 Å². The van der Waals surface area contributed by atoms with Gasteiger partial charge in [0, 0.05) is 39.1 Å². The summed E-state index contributed by atoms with van der Waals surface area (Å²) in [5, 5.41) is 3.14. The Morgan fingerprint density at radius 1 is 1.09 bits per heavy atom. The molecule has 6 nitrogen and oxygen atoms in total. The molecule has 2 amide bonds. The largest absolute Gasteiger partial charge is 0.491 e. The Morgan fingerprint density at radius 3 is 2.75 bits per heavy atom. The topological polar surface area (TPSA) is 67.9 Å². The highest BCUT2D eigenvalue weighted by Gasteiger charge is 2.33. The Kier molecular flexibility index (Phi) is 8.06. The molecule has 1 N–H and O–H groups in total. The lowest BCUT2D eigenvalue weighted by Crippen LogP contribution is -2.45. The number of likely N-dealkylation sites (tertiary alicyclic amines) is 1. The molecule has 0 aliphatic carbocycles. The minimum atomic E-state index is 0.0543. The van der Waals surface area contributed by atoms with Crippen molar-refractivity contribution in [3.63, 3.8) is 0 Å². The van der Waals surface area contributed by atoms with E-state index in [1.807, 2.05) is 11.0 Å². The predicted octanol–water partition coefficient (Wildman–Crippen LogP) is 4.74. The van der Waals surface area contributed by atoms with Crippen molar-refractivity contribution in [1.82, 2.24) is 4.90 Å². The fourth-order valence-electron chi connectivity index (χ4n) is 5.40. The van der Waals surface area contributed by atoms with Crippen LogP contribution in [0, 0.1) is 11.8 Å². The van der Waals surface area contributed by atoms with Crippen molar-refractivity contribution in [2.75, 3.05) is 38.2 Å². The molecule has 32 heavy (non-hydrogen) atoms. The van der Waals surface area contributed by atoms with E-state index in [1.165, 1.54) is 5.56 Å². The van der Waals surface area contributed by atoms with Gasteiger partial charge in [0.25, 0.3) is 0 Å². The number of rotatable bonds is 5. The SMILES string of the molecule is CCCCCC(=O)N1CC[C@H]2CC(=O)Nc3cc(C4CCOCC4)ccc3OCC[C@H]2C1. The number of carbonyl (C=O) groups is 2. The van der Waals surface area contributed by atoms with Gasteiger partial charge in [-0.25, -0.2) is 0 Å². The maximum absolute atomic E-state index is 12.9. The molecule has 1 aromatic carbocycles. The molecule has 4 rings (SSSR count). The summed E-state index contributed by atoms with van der Waals surface area (Å²) in [4.78, 5) is 27.6. The molecule has 0 spiro atoms. The van der Waals surface area contributed by atoms with E-state index in [4.69, 9.17) is 9.47 Å². The summed E-state index contributed by atoms with van der Waals surface area (Å²) in [7, 11) is 0. The highest BCUT2D eigenvalue weighted by molar-refractivity contribution is 5.92. The van der Waals surface area contributed by atoms with E-state index in [1.54, 1.807) is 0 Å². The summed E-state index contributed by atoms with van der Waals surface area (Å²) in [5.74, 6) is 2.16. The van der Waals surface area contributed by atoms with Crippen molar-refractivity contribution >= 4 is 17.5 Å². The maximum atomic E-state index is 12.9. The number of nitrogens with zero attached hydrogens (tertiary/aromatic N) is 1. The third-order valence-electron chi connectivity index (χ3n) is 7.40. The monoisotopic (exact) mass is 442 g/mol. The summed E-state index contributed by atoms with van der Waals surface area (Å²) in [5.41, 5.74) is 2.04. The van der Waals surface area contributed by atoms with Crippen molar-refractivity contribution in [3.8, 4) is 5.75 Å². The Bertz CT molecular complexity index is 790. The Labute approximate surface area is 192 Å². The second-order valence-corrected chi connectivity index (χ2v) is 9.64. The van der Waals surface area contributed by atoms with Crippen molar-refractivity contribution in [3.05, 3.63) is 23.8 Å². The number of piperidine rings is 1. The van der Waals surface area contributed by atoms with Crippen LogP contribution in [0.3, 0.4) is 0 Å². The molecule has 3 aliphatic heterocycles. The van der Waals surface area contributed by atoms with Crippen LogP contribution in [0.2, 0.25) is 0 Å². The zero-order valence-corrected chi connectivity index (χ0v) is 19.4. The van der Waals surface area contributed by atoms with Crippen LogP contribution in [0.25, 0.3) is 0 Å². The molecule has 2 fully saturated rings. The summed E-state index contributed by atoms with van der Waals surface area (Å²) in [6.07, 6.45) is 8.17. The quantitative estimate of drug-likeness (QED) is 0.669. The molecule has 6 heteroatoms. The fraction of sp³-hybridized carbons (Fsp3) is 0.692. The number of carbonyl (C=O) groups excluding carboxylic acids is 2. The van der Waals surface area contributed by atoms with Crippen LogP contribution < -0.4 is 10.1 Å². The normalized spacial score (nSPS) is 24.7. The highest BCUT2D eigenvalue weighted by atomic mass is 16.5. The standard InChI is InChI=1S/C26H38N2O4/c1-2-3-4-5-26(30)28-12-8-21-17-25(29)27-23-16-20(19-9-13-31-14-10-19)6-7-24(23)32-15-11-22(21)18-28/h6-7,16,19,21-22H,2-5,8-15,17-18H2,1H3,(H,27,29)/t21-,22-/m0/s1. The number of unbranched alkanes of at least 4 members (excludes halogenated alkanes) is 2. The molecule has 0 unspecified atom stereocenters. The van der Waals surface area contributed by atoms with Crippen LogP contribution in [0.1, 0.15) is 76.2 Å². The maximum Gasteiger partial charge on any atom is 0.224 e. The number of hydrogen-bond donors (Lipinski definition) is 1. The highest BCUT2D eigenvalue weighted by Crippen LogP contribution is 2.36. The van der Waals surface area contributed by atoms with Gasteiger partial charge < -0.3 is 19.7 Å². The van der Waals surface area contributed by atoms with Crippen LogP contribution >= 0.6 is 0 Å². The lowest BCUT2D eigenvalue weighted by atomic mass is 9.80. The molecule has 3 aliphatic rings. The van der Waals surface area contributed by atoms with Gasteiger partial charge in [0.2, 0.25) is 11.8 Å². The number of nitrogens with one attached hydrogen (secondary N) is 1. The average Bonchev–Trinajstić information content (AvgIpc) is 2.81. The van der Waals surface area contributed by atoms with E-state index in [-0.39, 0.29) is 11.8 Å². The van der Waals surface area contributed by atoms with Gasteiger partial charge in [-0.1, -0.05) is 25.8 Å². The van der Waals surface area contributed by atoms with Gasteiger partial charge >= 0.3 is 0 Å². The molecule has 176 valence electrons. The smallest absolute Gasteiger partial charge is 0.224 e. The zero-order chi connectivity index (χ0) is 22.3. The third kappa shape index (κ3) is 5.83. The van der Waals surface area contributed by atoms with Crippen molar-refractivity contribution < 1.29 is 19.1 Å². The lowest BCUT2D eigenvalue weighted by Gasteiger charge is -2.39. The first-order chi connectivity index (χ1) is 15.6. The first kappa shape index (κ1) is 23.1. The summed E-state index contributed by atoms with van der Waals surface area (Å²) in [6.45, 7) is 5.88. The van der Waals surface area contributed by atoms with Crippen molar-refractivity contribution in [2.45, 2.75) is 70.6 Å². The van der Waals surface area contributed by atoms with Crippen LogP contribution in [-0.2, 0) is 14.3 Å². The average molecular weight is 443 g/mol. The van der Waals surface area contributed by atoms with Gasteiger partial charge in [0.05, 0.1) is 12.3 Å². The van der Waals surface area contributed by atoms with E-state index in [2.05, 4.69) is 24.4 Å². The summed E-state index contributed by atoms with van der Waals surface area (Å²) < 4.78 is 11.6. The van der Waals surface area contributed by atoms with Gasteiger partial charge in [-0.2, -0.15) is 0 Å². The van der Waals surface area contributed by atoms with Gasteiger partial charge in [-0.05, 0) is 67.6 Å². The molecule has 0 radical (unpaired) electrons. The molecule has 2 atom stereocenters. The number of benzene rings is 1. The zero-order valence-electron chi connectivity index (χ0n) is 19.4.